The first kappa shape index (κ1) is 23.2. The Morgan fingerprint density at radius 1 is 0.900 bits per heavy atom. The van der Waals surface area contributed by atoms with Gasteiger partial charge < -0.3 is 30.2 Å². The van der Waals surface area contributed by atoms with Gasteiger partial charge in [0.2, 0.25) is 5.91 Å². The molecule has 0 radical (unpaired) electrons. The number of carbonyl (C=O) groups excluding carboxylic acids is 2. The van der Waals surface area contributed by atoms with Crippen LogP contribution in [0.5, 0.6) is 5.75 Å². The molecule has 0 atom stereocenters. The number of rotatable bonds is 13. The highest BCUT2D eigenvalue weighted by atomic mass is 16.5. The van der Waals surface area contributed by atoms with Gasteiger partial charge in [0.05, 0.1) is 13.2 Å². The maximum Gasteiger partial charge on any atom is 0.251 e. The highest BCUT2D eigenvalue weighted by molar-refractivity contribution is 5.96. The van der Waals surface area contributed by atoms with E-state index in [0.717, 1.165) is 12.1 Å². The molecule has 3 N–H and O–H groups in total. The summed E-state index contributed by atoms with van der Waals surface area (Å²) in [5.74, 6) is 0.351. The van der Waals surface area contributed by atoms with Crippen molar-refractivity contribution < 1.29 is 23.8 Å². The molecule has 162 valence electrons. The highest BCUT2D eigenvalue weighted by Gasteiger charge is 2.07. The lowest BCUT2D eigenvalue weighted by Gasteiger charge is -2.10. The molecule has 8 heteroatoms. The van der Waals surface area contributed by atoms with Gasteiger partial charge >= 0.3 is 0 Å². The summed E-state index contributed by atoms with van der Waals surface area (Å²) in [5.41, 5.74) is 1.93. The molecule has 30 heavy (non-hydrogen) atoms. The van der Waals surface area contributed by atoms with Crippen molar-refractivity contribution >= 4 is 23.2 Å². The van der Waals surface area contributed by atoms with Crippen LogP contribution in [-0.2, 0) is 14.3 Å². The van der Waals surface area contributed by atoms with E-state index >= 15 is 0 Å². The van der Waals surface area contributed by atoms with E-state index in [0.29, 0.717) is 43.4 Å². The number of nitrogens with one attached hydrogen (secondary N) is 3. The molecule has 0 aromatic heterocycles. The molecule has 2 aromatic carbocycles. The lowest BCUT2D eigenvalue weighted by Crippen LogP contribution is -2.25. The smallest absolute Gasteiger partial charge is 0.251 e. The van der Waals surface area contributed by atoms with Crippen LogP contribution in [0.25, 0.3) is 0 Å². The van der Waals surface area contributed by atoms with Gasteiger partial charge in [0.25, 0.3) is 5.91 Å². The van der Waals surface area contributed by atoms with Gasteiger partial charge in [-0.3, -0.25) is 9.59 Å². The number of hydrogen-bond donors (Lipinski definition) is 3. The fraction of sp³-hybridized carbons (Fsp3) is 0.364. The minimum absolute atomic E-state index is 0.100. The number of hydrogen-bond acceptors (Lipinski definition) is 6. The van der Waals surface area contributed by atoms with Gasteiger partial charge in [-0.2, -0.15) is 0 Å². The Bertz CT molecular complexity index is 796. The summed E-state index contributed by atoms with van der Waals surface area (Å²) in [4.78, 5) is 24.2. The van der Waals surface area contributed by atoms with Crippen LogP contribution in [0.4, 0.5) is 11.4 Å². The number of carbonyl (C=O) groups is 2. The van der Waals surface area contributed by atoms with E-state index in [1.54, 1.807) is 38.5 Å². The van der Waals surface area contributed by atoms with E-state index in [9.17, 15) is 9.59 Å². The van der Waals surface area contributed by atoms with Gasteiger partial charge in [0.1, 0.15) is 12.4 Å². The molecule has 2 amide bonds. The summed E-state index contributed by atoms with van der Waals surface area (Å²) < 4.78 is 15.5. The lowest BCUT2D eigenvalue weighted by molar-refractivity contribution is -0.114. The van der Waals surface area contributed by atoms with Crippen LogP contribution in [0, 0.1) is 0 Å². The quantitative estimate of drug-likeness (QED) is 0.435. The van der Waals surface area contributed by atoms with E-state index in [4.69, 9.17) is 14.2 Å². The van der Waals surface area contributed by atoms with Gasteiger partial charge in [-0.25, -0.2) is 0 Å². The molecule has 8 nitrogen and oxygen atoms in total. The number of anilines is 2. The molecular formula is C22H29N3O5. The first-order chi connectivity index (χ1) is 14.6. The summed E-state index contributed by atoms with van der Waals surface area (Å²) in [5, 5.41) is 8.68. The van der Waals surface area contributed by atoms with Crippen LogP contribution < -0.4 is 20.7 Å². The van der Waals surface area contributed by atoms with E-state index < -0.39 is 0 Å². The van der Waals surface area contributed by atoms with Gasteiger partial charge in [0, 0.05) is 50.4 Å². The Labute approximate surface area is 176 Å². The third-order valence-corrected chi connectivity index (χ3v) is 4.08. The topological polar surface area (TPSA) is 97.9 Å². The van der Waals surface area contributed by atoms with E-state index in [-0.39, 0.29) is 18.4 Å². The summed E-state index contributed by atoms with van der Waals surface area (Å²) in [6, 6.07) is 14.1. The van der Waals surface area contributed by atoms with Crippen molar-refractivity contribution in [3.63, 3.8) is 0 Å². The second-order valence-corrected chi connectivity index (χ2v) is 6.45. The molecule has 0 spiro atoms. The SMILES string of the molecule is COCCCNC(=O)c1ccc(NC(=O)CNc2cccc(OCCOC)c2)cc1. The van der Waals surface area contributed by atoms with Crippen LogP contribution in [0.1, 0.15) is 16.8 Å². The molecule has 0 fully saturated rings. The monoisotopic (exact) mass is 415 g/mol. The van der Waals surface area contributed by atoms with E-state index in [1.165, 1.54) is 0 Å². The van der Waals surface area contributed by atoms with Crippen LogP contribution in [-0.4, -0.2) is 58.9 Å². The second-order valence-electron chi connectivity index (χ2n) is 6.45. The number of benzene rings is 2. The summed E-state index contributed by atoms with van der Waals surface area (Å²) in [6.07, 6.45) is 0.756. The Balaban J connectivity index is 1.77. The normalized spacial score (nSPS) is 10.3. The molecule has 0 saturated heterocycles. The van der Waals surface area contributed by atoms with Crippen LogP contribution >= 0.6 is 0 Å². The summed E-state index contributed by atoms with van der Waals surface area (Å²) in [7, 11) is 3.24. The number of ether oxygens (including phenoxy) is 3. The van der Waals surface area contributed by atoms with Crippen LogP contribution in [0.3, 0.4) is 0 Å². The van der Waals surface area contributed by atoms with Gasteiger partial charge in [0.15, 0.2) is 0 Å². The fourth-order valence-electron chi connectivity index (χ4n) is 2.55. The third-order valence-electron chi connectivity index (χ3n) is 4.08. The average Bonchev–Trinajstić information content (AvgIpc) is 2.76. The van der Waals surface area contributed by atoms with Crippen molar-refractivity contribution in [3.8, 4) is 5.75 Å². The molecule has 0 heterocycles. The minimum atomic E-state index is -0.197. The molecule has 2 rings (SSSR count). The first-order valence-electron chi connectivity index (χ1n) is 9.75. The van der Waals surface area contributed by atoms with E-state index in [2.05, 4.69) is 16.0 Å². The van der Waals surface area contributed by atoms with Crippen molar-refractivity contribution in [1.29, 1.82) is 0 Å². The summed E-state index contributed by atoms with van der Waals surface area (Å²) in [6.45, 7) is 2.22. The zero-order chi connectivity index (χ0) is 21.6. The minimum Gasteiger partial charge on any atom is -0.491 e. The predicted molar refractivity (Wildman–Crippen MR) is 116 cm³/mol. The molecule has 0 aliphatic rings. The van der Waals surface area contributed by atoms with Crippen molar-refractivity contribution in [2.75, 3.05) is 57.8 Å². The standard InChI is InChI=1S/C22H29N3O5/c1-28-12-4-11-23-22(27)17-7-9-18(10-8-17)25-21(26)16-24-19-5-3-6-20(15-19)30-14-13-29-2/h3,5-10,15,24H,4,11-14,16H2,1-2H3,(H,23,27)(H,25,26). The van der Waals surface area contributed by atoms with Crippen molar-refractivity contribution in [3.05, 3.63) is 54.1 Å². The first-order valence-corrected chi connectivity index (χ1v) is 9.75. The number of methoxy groups -OCH3 is 2. The molecule has 0 unspecified atom stereocenters. The highest BCUT2D eigenvalue weighted by Crippen LogP contribution is 2.17. The molecule has 2 aromatic rings. The molecule has 0 aliphatic heterocycles. The Morgan fingerprint density at radius 2 is 1.67 bits per heavy atom. The van der Waals surface area contributed by atoms with Gasteiger partial charge in [-0.15, -0.1) is 0 Å². The Kier molecular flexibility index (Phi) is 10.2. The fourth-order valence-corrected chi connectivity index (χ4v) is 2.55. The van der Waals surface area contributed by atoms with E-state index in [1.807, 2.05) is 24.3 Å². The Hall–Kier alpha value is -3.10. The predicted octanol–water partition coefficient (Wildman–Crippen LogP) is 2.53. The Morgan fingerprint density at radius 3 is 2.40 bits per heavy atom. The zero-order valence-corrected chi connectivity index (χ0v) is 17.4. The molecule has 0 bridgehead atoms. The largest absolute Gasteiger partial charge is 0.491 e. The van der Waals surface area contributed by atoms with Crippen molar-refractivity contribution in [2.24, 2.45) is 0 Å². The van der Waals surface area contributed by atoms with Crippen molar-refractivity contribution in [2.45, 2.75) is 6.42 Å². The number of amides is 2. The summed E-state index contributed by atoms with van der Waals surface area (Å²) >= 11 is 0. The zero-order valence-electron chi connectivity index (χ0n) is 17.4. The van der Waals surface area contributed by atoms with Crippen molar-refractivity contribution in [1.82, 2.24) is 5.32 Å². The molecular weight excluding hydrogens is 386 g/mol. The van der Waals surface area contributed by atoms with Crippen LogP contribution in [0.15, 0.2) is 48.5 Å². The second kappa shape index (κ2) is 13.2. The molecule has 0 saturated carbocycles. The maximum atomic E-state index is 12.2. The lowest BCUT2D eigenvalue weighted by atomic mass is 10.2. The van der Waals surface area contributed by atoms with Gasteiger partial charge in [-0.1, -0.05) is 6.07 Å². The molecule has 0 aliphatic carbocycles. The third kappa shape index (κ3) is 8.50. The average molecular weight is 415 g/mol. The van der Waals surface area contributed by atoms with Gasteiger partial charge in [-0.05, 0) is 42.8 Å². The van der Waals surface area contributed by atoms with Crippen LogP contribution in [0.2, 0.25) is 0 Å². The maximum absolute atomic E-state index is 12.2.